The van der Waals surface area contributed by atoms with Crippen LogP contribution in [0.1, 0.15) is 41.0 Å². The molecule has 0 rings (SSSR count). The molecule has 0 fully saturated rings. The van der Waals surface area contributed by atoms with Crippen LogP contribution in [0.25, 0.3) is 0 Å². The maximum absolute atomic E-state index is 9.87. The molecule has 0 atom stereocenters. The molecule has 0 aromatic carbocycles. The summed E-state index contributed by atoms with van der Waals surface area (Å²) >= 11 is 0. The normalized spacial score (nSPS) is 6.16. The third-order valence-electron chi connectivity index (χ3n) is 0.400. The largest absolute Gasteiger partial charge is 0.481 e. The van der Waals surface area contributed by atoms with E-state index in [4.69, 9.17) is 20.4 Å². The molecule has 0 aliphatic rings. The summed E-state index contributed by atoms with van der Waals surface area (Å²) in [6.45, 7) is 12.0. The van der Waals surface area contributed by atoms with Gasteiger partial charge < -0.3 is 27.3 Å². The Labute approximate surface area is 136 Å². The fraction of sp³-hybridized carbons (Fsp3) is 0.750. The number of aliphatic hydroxyl groups is 3. The van der Waals surface area contributed by atoms with E-state index >= 15 is 0 Å². The van der Waals surface area contributed by atoms with Crippen molar-refractivity contribution in [1.29, 1.82) is 0 Å². The minimum absolute atomic E-state index is 0. The number of aliphatic carboxylic acids is 1. The van der Waals surface area contributed by atoms with Crippen molar-refractivity contribution in [3.05, 3.63) is 6.92 Å². The van der Waals surface area contributed by atoms with Gasteiger partial charge in [-0.3, -0.25) is 9.59 Å². The summed E-state index contributed by atoms with van der Waals surface area (Å²) in [5.74, 6) is -1.37. The van der Waals surface area contributed by atoms with Crippen molar-refractivity contribution < 1.29 is 56.2 Å². The molecule has 0 aliphatic heterocycles. The van der Waals surface area contributed by atoms with Crippen molar-refractivity contribution in [3.8, 4) is 0 Å². The quantitative estimate of drug-likeness (QED) is 0.429. The summed E-state index contributed by atoms with van der Waals surface area (Å²) in [5, 5.41) is 30.6. The number of ketones is 1. The van der Waals surface area contributed by atoms with Crippen LogP contribution in [0.4, 0.5) is 0 Å². The average molecular weight is 361 g/mol. The molecular formula is C12H29O6Zr-. The van der Waals surface area contributed by atoms with Gasteiger partial charge in [-0.15, -0.1) is 0 Å². The summed E-state index contributed by atoms with van der Waals surface area (Å²) in [6.07, 6.45) is -0.361. The van der Waals surface area contributed by atoms with E-state index < -0.39 is 5.97 Å². The average Bonchev–Trinajstić information content (AvgIpc) is 2.22. The van der Waals surface area contributed by atoms with Gasteiger partial charge >= 0.3 is 5.97 Å². The summed E-state index contributed by atoms with van der Waals surface area (Å²) in [7, 11) is 0. The van der Waals surface area contributed by atoms with Crippen LogP contribution < -0.4 is 0 Å². The van der Waals surface area contributed by atoms with Crippen LogP contribution >= 0.6 is 0 Å². The Balaban J connectivity index is -0.0000000303. The molecule has 7 heteroatoms. The number of Topliss-reactive ketones (excluding diaryl/α,β-unsaturated/α-hetero) is 1. The third kappa shape index (κ3) is 297. The summed E-state index contributed by atoms with van der Waals surface area (Å²) in [5.41, 5.74) is 0. The van der Waals surface area contributed by atoms with Crippen molar-refractivity contribution in [1.82, 2.24) is 0 Å². The minimum Gasteiger partial charge on any atom is -0.481 e. The van der Waals surface area contributed by atoms with Crippen LogP contribution in [0.5, 0.6) is 0 Å². The maximum Gasteiger partial charge on any atom is 0.310 e. The molecule has 0 spiro atoms. The first-order valence-corrected chi connectivity index (χ1v) is 5.62. The van der Waals surface area contributed by atoms with E-state index in [2.05, 4.69) is 6.92 Å². The molecule has 0 aliphatic carbocycles. The maximum atomic E-state index is 9.87. The Morgan fingerprint density at radius 3 is 1.05 bits per heavy atom. The SMILES string of the molecule is CC(=O)CC(=O)O.CCO.CCO.CCO.[CH2-]C.[Zr]. The van der Waals surface area contributed by atoms with Crippen LogP contribution in [0.15, 0.2) is 0 Å². The van der Waals surface area contributed by atoms with Gasteiger partial charge in [0.25, 0.3) is 0 Å². The van der Waals surface area contributed by atoms with E-state index in [1.54, 1.807) is 27.7 Å². The molecule has 0 saturated heterocycles. The number of hydrogen-bond donors (Lipinski definition) is 4. The third-order valence-corrected chi connectivity index (χ3v) is 0.400. The second-order valence-corrected chi connectivity index (χ2v) is 2.22. The number of carbonyl (C=O) groups excluding carboxylic acids is 1. The van der Waals surface area contributed by atoms with Crippen molar-refractivity contribution in [2.24, 2.45) is 0 Å². The van der Waals surface area contributed by atoms with Gasteiger partial charge in [0.1, 0.15) is 12.2 Å². The number of rotatable bonds is 2. The van der Waals surface area contributed by atoms with Crippen LogP contribution in [0.2, 0.25) is 0 Å². The van der Waals surface area contributed by atoms with E-state index in [1.807, 2.05) is 0 Å². The zero-order valence-corrected chi connectivity index (χ0v) is 15.1. The van der Waals surface area contributed by atoms with E-state index in [-0.39, 0.29) is 58.2 Å². The van der Waals surface area contributed by atoms with Crippen LogP contribution in [-0.2, 0) is 35.8 Å². The molecule has 4 N–H and O–H groups in total. The second-order valence-electron chi connectivity index (χ2n) is 2.22. The Hall–Kier alpha value is -0.0969. The zero-order chi connectivity index (χ0) is 16.0. The summed E-state index contributed by atoms with van der Waals surface area (Å²) in [6, 6.07) is 0. The van der Waals surface area contributed by atoms with E-state index in [1.165, 1.54) is 6.92 Å². The molecule has 0 aromatic rings. The molecule has 0 radical (unpaired) electrons. The standard InChI is InChI=1S/C4H6O3.3C2H6O.C2H5.Zr/c1-3(5)2-4(6)7;3*1-2-3;1-2;/h2H2,1H3,(H,6,7);3*3H,2H2,1H3;1H2,2H3;/q;;;;-1;. The van der Waals surface area contributed by atoms with Gasteiger partial charge in [-0.05, 0) is 27.7 Å². The predicted octanol–water partition coefficient (Wildman–Crippen LogP) is 0.884. The van der Waals surface area contributed by atoms with Gasteiger partial charge in [-0.1, -0.05) is 0 Å². The summed E-state index contributed by atoms with van der Waals surface area (Å²) in [4.78, 5) is 19.5. The number of aliphatic hydroxyl groups excluding tert-OH is 3. The fourth-order valence-corrected chi connectivity index (χ4v) is 0.213. The van der Waals surface area contributed by atoms with Crippen LogP contribution in [-0.4, -0.2) is 52.0 Å². The van der Waals surface area contributed by atoms with Gasteiger partial charge in [-0.2, -0.15) is 6.92 Å². The first-order chi connectivity index (χ1) is 8.37. The first kappa shape index (κ1) is 36.4. The van der Waals surface area contributed by atoms with Gasteiger partial charge in [-0.25, -0.2) is 0 Å². The zero-order valence-electron chi connectivity index (χ0n) is 12.6. The van der Waals surface area contributed by atoms with Crippen molar-refractivity contribution in [3.63, 3.8) is 0 Å². The van der Waals surface area contributed by atoms with E-state index in [0.717, 1.165) is 0 Å². The summed E-state index contributed by atoms with van der Waals surface area (Å²) < 4.78 is 0. The molecule has 0 saturated carbocycles. The molecule has 0 heterocycles. The smallest absolute Gasteiger partial charge is 0.310 e. The number of hydrogen-bond acceptors (Lipinski definition) is 5. The van der Waals surface area contributed by atoms with Gasteiger partial charge in [0.05, 0.1) is 0 Å². The number of carbonyl (C=O) groups is 2. The van der Waals surface area contributed by atoms with Crippen LogP contribution in [0.3, 0.4) is 0 Å². The predicted molar refractivity (Wildman–Crippen MR) is 72.2 cm³/mol. The van der Waals surface area contributed by atoms with Crippen molar-refractivity contribution in [2.45, 2.75) is 41.0 Å². The molecule has 0 bridgehead atoms. The van der Waals surface area contributed by atoms with Gasteiger partial charge in [0.15, 0.2) is 0 Å². The van der Waals surface area contributed by atoms with E-state index in [9.17, 15) is 9.59 Å². The van der Waals surface area contributed by atoms with Crippen molar-refractivity contribution >= 4 is 11.8 Å². The molecule has 0 unspecified atom stereocenters. The molecular weight excluding hydrogens is 331 g/mol. The second kappa shape index (κ2) is 52.2. The fourth-order valence-electron chi connectivity index (χ4n) is 0.213. The molecule has 6 nitrogen and oxygen atoms in total. The molecule has 118 valence electrons. The topological polar surface area (TPSA) is 115 Å². The monoisotopic (exact) mass is 359 g/mol. The molecule has 0 aromatic heterocycles. The Bertz CT molecular complexity index is 125. The Kier molecular flexibility index (Phi) is 99.9. The number of carboxylic acid groups (broad SMARTS) is 1. The van der Waals surface area contributed by atoms with Crippen molar-refractivity contribution in [2.75, 3.05) is 19.8 Å². The molecule has 0 amide bonds. The first-order valence-electron chi connectivity index (χ1n) is 5.62. The van der Waals surface area contributed by atoms with Gasteiger partial charge in [0, 0.05) is 46.0 Å². The minimum atomic E-state index is -1.06. The van der Waals surface area contributed by atoms with Crippen LogP contribution in [0, 0.1) is 6.92 Å². The molecule has 19 heavy (non-hydrogen) atoms. The Morgan fingerprint density at radius 2 is 1.05 bits per heavy atom. The van der Waals surface area contributed by atoms with E-state index in [0.29, 0.717) is 0 Å². The van der Waals surface area contributed by atoms with Gasteiger partial charge in [0.2, 0.25) is 0 Å². The Morgan fingerprint density at radius 1 is 0.895 bits per heavy atom. The number of carboxylic acids is 1.